The number of aliphatic hydroxyl groups is 1. The van der Waals surface area contributed by atoms with Crippen LogP contribution in [0.25, 0.3) is 0 Å². The zero-order valence-corrected chi connectivity index (χ0v) is 15.1. The molecule has 2 bridgehead atoms. The van der Waals surface area contributed by atoms with Gasteiger partial charge in [-0.05, 0) is 12.0 Å². The lowest BCUT2D eigenvalue weighted by Gasteiger charge is -2.44. The van der Waals surface area contributed by atoms with Gasteiger partial charge >= 0.3 is 5.97 Å². The van der Waals surface area contributed by atoms with Crippen LogP contribution in [0, 0.1) is 0 Å². The minimum Gasteiger partial charge on any atom is -0.461 e. The number of rotatable bonds is 5. The number of piperidine rings is 1. The molecule has 0 saturated carbocycles. The number of hydrogen-bond acceptors (Lipinski definition) is 3. The minimum absolute atomic E-state index is 0.0117. The summed E-state index contributed by atoms with van der Waals surface area (Å²) in [5.74, 6) is -0.268. The lowest BCUT2D eigenvalue weighted by atomic mass is 9.78. The molecule has 2 aliphatic heterocycles. The van der Waals surface area contributed by atoms with Gasteiger partial charge in [-0.15, -0.1) is 0 Å². The van der Waals surface area contributed by atoms with E-state index < -0.39 is 5.41 Å². The van der Waals surface area contributed by atoms with Crippen molar-refractivity contribution >= 4 is 5.97 Å². The summed E-state index contributed by atoms with van der Waals surface area (Å²) in [6.07, 6.45) is 4.85. The van der Waals surface area contributed by atoms with Crippen LogP contribution < -0.4 is 0 Å². The van der Waals surface area contributed by atoms with Gasteiger partial charge in [0.15, 0.2) is 0 Å². The average molecular weight is 332 g/mol. The third-order valence-corrected chi connectivity index (χ3v) is 6.65. The number of hydrogen-bond donors (Lipinski definition) is 1. The zero-order valence-electron chi connectivity index (χ0n) is 15.1. The molecule has 0 radical (unpaired) electrons. The predicted molar refractivity (Wildman–Crippen MR) is 93.5 cm³/mol. The van der Waals surface area contributed by atoms with Crippen molar-refractivity contribution in [3.05, 3.63) is 35.9 Å². The Hall–Kier alpha value is -1.39. The predicted octanol–water partition coefficient (Wildman–Crippen LogP) is 2.64. The summed E-state index contributed by atoms with van der Waals surface area (Å²) < 4.78 is 7.02. The molecule has 132 valence electrons. The summed E-state index contributed by atoms with van der Waals surface area (Å²) in [7, 11) is 4.60. The molecule has 4 heteroatoms. The smallest absolute Gasteiger partial charge is 0.319 e. The van der Waals surface area contributed by atoms with E-state index in [1.807, 2.05) is 37.3 Å². The average Bonchev–Trinajstić information content (AvgIpc) is 2.76. The van der Waals surface area contributed by atoms with E-state index in [1.54, 1.807) is 0 Å². The summed E-state index contributed by atoms with van der Waals surface area (Å²) in [6, 6.07) is 10.7. The fourth-order valence-electron chi connectivity index (χ4n) is 4.68. The van der Waals surface area contributed by atoms with Gasteiger partial charge in [0, 0.05) is 25.7 Å². The highest BCUT2D eigenvalue weighted by Gasteiger charge is 2.51. The van der Waals surface area contributed by atoms with Gasteiger partial charge in [-0.25, -0.2) is 0 Å². The molecular formula is C20H30NO3+. The number of nitrogens with zero attached hydrogens (tertiary/aromatic N) is 1. The number of benzene rings is 1. The topological polar surface area (TPSA) is 46.5 Å². The fraction of sp³-hybridized carbons (Fsp3) is 0.650. The molecule has 2 fully saturated rings. The Labute approximate surface area is 145 Å². The van der Waals surface area contributed by atoms with E-state index in [1.165, 1.54) is 12.8 Å². The second kappa shape index (κ2) is 6.49. The number of quaternary nitrogens is 1. The zero-order chi connectivity index (χ0) is 17.4. The SMILES string of the molecule is CC[C@@](CO)(C(=O)OC1C[C@@H]2CC[C@@H](C1)[N+]2(C)C)c1ccccc1. The molecule has 2 aliphatic rings. The summed E-state index contributed by atoms with van der Waals surface area (Å²) in [5.41, 5.74) is -0.0998. The maximum Gasteiger partial charge on any atom is 0.319 e. The number of carbonyl (C=O) groups is 1. The second-order valence-electron chi connectivity index (χ2n) is 7.97. The van der Waals surface area contributed by atoms with Crippen molar-refractivity contribution in [2.45, 2.75) is 62.6 Å². The number of carbonyl (C=O) groups excluding carboxylic acids is 1. The quantitative estimate of drug-likeness (QED) is 0.666. The van der Waals surface area contributed by atoms with Crippen molar-refractivity contribution in [1.82, 2.24) is 0 Å². The van der Waals surface area contributed by atoms with E-state index in [2.05, 4.69) is 14.1 Å². The summed E-state index contributed by atoms with van der Waals surface area (Å²) in [6.45, 7) is 1.72. The van der Waals surface area contributed by atoms with Crippen molar-refractivity contribution in [3.63, 3.8) is 0 Å². The molecule has 0 aliphatic carbocycles. The molecule has 24 heavy (non-hydrogen) atoms. The molecule has 3 atom stereocenters. The molecule has 0 amide bonds. The largest absolute Gasteiger partial charge is 0.461 e. The third kappa shape index (κ3) is 2.76. The van der Waals surface area contributed by atoms with Gasteiger partial charge in [-0.1, -0.05) is 37.3 Å². The monoisotopic (exact) mass is 332 g/mol. The van der Waals surface area contributed by atoms with Gasteiger partial charge in [0.2, 0.25) is 0 Å². The number of ether oxygens (including phenoxy) is 1. The van der Waals surface area contributed by atoms with E-state index >= 15 is 0 Å². The van der Waals surface area contributed by atoms with Gasteiger partial charge in [0.1, 0.15) is 11.5 Å². The fourth-order valence-corrected chi connectivity index (χ4v) is 4.68. The highest BCUT2D eigenvalue weighted by Crippen LogP contribution is 2.41. The van der Waals surface area contributed by atoms with Crippen molar-refractivity contribution in [2.75, 3.05) is 20.7 Å². The molecule has 0 spiro atoms. The first-order chi connectivity index (χ1) is 11.4. The molecule has 4 nitrogen and oxygen atoms in total. The molecule has 1 N–H and O–H groups in total. The molecule has 2 saturated heterocycles. The highest BCUT2D eigenvalue weighted by molar-refractivity contribution is 5.83. The van der Waals surface area contributed by atoms with Gasteiger partial charge < -0.3 is 14.3 Å². The lowest BCUT2D eigenvalue weighted by Crippen LogP contribution is -2.56. The van der Waals surface area contributed by atoms with Crippen LogP contribution in [0.3, 0.4) is 0 Å². The second-order valence-corrected chi connectivity index (χ2v) is 7.97. The molecule has 3 rings (SSSR count). The maximum absolute atomic E-state index is 13.0. The van der Waals surface area contributed by atoms with Crippen LogP contribution in [0.2, 0.25) is 0 Å². The van der Waals surface area contributed by atoms with Crippen LogP contribution in [0.4, 0.5) is 0 Å². The van der Waals surface area contributed by atoms with E-state index in [4.69, 9.17) is 4.74 Å². The van der Waals surface area contributed by atoms with Crippen LogP contribution in [0.5, 0.6) is 0 Å². The van der Waals surface area contributed by atoms with Crippen LogP contribution in [0.1, 0.15) is 44.6 Å². The van der Waals surface area contributed by atoms with E-state index in [9.17, 15) is 9.90 Å². The number of esters is 1. The van der Waals surface area contributed by atoms with Gasteiger partial charge in [-0.2, -0.15) is 0 Å². The van der Waals surface area contributed by atoms with Crippen molar-refractivity contribution in [1.29, 1.82) is 0 Å². The van der Waals surface area contributed by atoms with Crippen LogP contribution >= 0.6 is 0 Å². The Morgan fingerprint density at radius 1 is 1.21 bits per heavy atom. The normalized spacial score (nSPS) is 30.6. The van der Waals surface area contributed by atoms with E-state index in [0.29, 0.717) is 18.5 Å². The number of aliphatic hydroxyl groups excluding tert-OH is 1. The Morgan fingerprint density at radius 2 is 1.79 bits per heavy atom. The molecular weight excluding hydrogens is 302 g/mol. The molecule has 1 aromatic rings. The first-order valence-corrected chi connectivity index (χ1v) is 9.15. The van der Waals surface area contributed by atoms with Crippen LogP contribution in [-0.2, 0) is 14.9 Å². The minimum atomic E-state index is -0.942. The molecule has 0 aromatic heterocycles. The summed E-state index contributed by atoms with van der Waals surface area (Å²) in [5, 5.41) is 10.0. The van der Waals surface area contributed by atoms with Crippen LogP contribution in [-0.4, -0.2) is 54.4 Å². The first-order valence-electron chi connectivity index (χ1n) is 9.15. The van der Waals surface area contributed by atoms with E-state index in [-0.39, 0.29) is 18.7 Å². The van der Waals surface area contributed by atoms with Gasteiger partial charge in [-0.3, -0.25) is 4.79 Å². The van der Waals surface area contributed by atoms with Crippen molar-refractivity contribution in [2.24, 2.45) is 0 Å². The maximum atomic E-state index is 13.0. The highest BCUT2D eigenvalue weighted by atomic mass is 16.5. The summed E-state index contributed by atoms with van der Waals surface area (Å²) >= 11 is 0. The molecule has 1 aromatic carbocycles. The Balaban J connectivity index is 1.76. The van der Waals surface area contributed by atoms with Crippen molar-refractivity contribution in [3.8, 4) is 0 Å². The standard InChI is InChI=1S/C20H30NO3/c1-4-20(14-22,15-8-6-5-7-9-15)19(23)24-18-12-16-10-11-17(13-18)21(16,2)3/h5-9,16-18,22H,4,10-14H2,1-3H3/q+1/t16-,17-,20-/m0/s1. The Kier molecular flexibility index (Phi) is 4.71. The summed E-state index contributed by atoms with van der Waals surface area (Å²) in [4.78, 5) is 13.0. The van der Waals surface area contributed by atoms with Gasteiger partial charge in [0.05, 0.1) is 32.8 Å². The van der Waals surface area contributed by atoms with Crippen molar-refractivity contribution < 1.29 is 19.1 Å². The Morgan fingerprint density at radius 3 is 2.29 bits per heavy atom. The van der Waals surface area contributed by atoms with Crippen LogP contribution in [0.15, 0.2) is 30.3 Å². The lowest BCUT2D eigenvalue weighted by molar-refractivity contribution is -0.931. The molecule has 0 unspecified atom stereocenters. The third-order valence-electron chi connectivity index (χ3n) is 6.65. The van der Waals surface area contributed by atoms with E-state index in [0.717, 1.165) is 22.9 Å². The van der Waals surface area contributed by atoms with Gasteiger partial charge in [0.25, 0.3) is 0 Å². The number of fused-ring (bicyclic) bond motifs is 2. The Bertz CT molecular complexity index is 564. The first kappa shape index (κ1) is 17.4. The molecule has 2 heterocycles.